The minimum Gasteiger partial charge on any atom is -0.507 e. The number of unbranched alkanes of at least 4 members (excludes halogenated alkanes) is 2. The third-order valence-corrected chi connectivity index (χ3v) is 16.4. The highest BCUT2D eigenvalue weighted by Crippen LogP contribution is 2.50. The highest BCUT2D eigenvalue weighted by molar-refractivity contribution is 7.86. The standard InChI is InChI=1S/C53H66N4O14S2/c1-33-34(2)49-38(35(3)48(33)61)24-25-53(8,70-49)50(62)54-26-29-69-30-28-56-42-21-19-37(73(66,67)68)32-40(42)52(6,7)44(56)16-12-9-11-15-43-51(4,5)39-31-36(72(63,64)65)18-20-41(39)55(43)27-14-10-13-17-47(60)71-57-45(58)22-23-46(57)59/h9,11-12,15-16,18-21,31-32,44,61H,10,13-14,17,22-30H2,1-8H3,(H,54,62)(H,63,64,65)(H,66,67,68)/b11-9+,16-12+,43-15+. The summed E-state index contributed by atoms with van der Waals surface area (Å²) in [6.07, 6.45) is 12.2. The Kier molecular flexibility index (Phi) is 15.8. The SMILES string of the molecule is Cc1c(C)c2c(c(C)c1O)CCC(C)(C(=O)NCCOCCN1c3ccc(S(=O)(=O)O)cc3C(C)(C)C1/C=C/C=C/C=C1/N(CCCCCC(=O)ON3C(=O)CCC3=O)c3ccc(S(=O)(=O)O)cc3C1(C)C)O2. The molecule has 3 aromatic carbocycles. The van der Waals surface area contributed by atoms with Crippen molar-refractivity contribution in [2.24, 2.45) is 0 Å². The Balaban J connectivity index is 1.02. The highest BCUT2D eigenvalue weighted by atomic mass is 32.2. The fourth-order valence-electron chi connectivity index (χ4n) is 10.3. The second-order valence-corrected chi connectivity index (χ2v) is 23.2. The first-order chi connectivity index (χ1) is 34.2. The summed E-state index contributed by atoms with van der Waals surface area (Å²) >= 11 is 0. The monoisotopic (exact) mass is 1050 g/mol. The Hall–Kier alpha value is -6.06. The van der Waals surface area contributed by atoms with E-state index in [4.69, 9.17) is 14.3 Å². The lowest BCUT2D eigenvalue weighted by Crippen LogP contribution is -2.51. The molecular formula is C53H66N4O14S2. The van der Waals surface area contributed by atoms with Crippen LogP contribution in [0.2, 0.25) is 0 Å². The van der Waals surface area contributed by atoms with Crippen LogP contribution in [-0.4, -0.2) is 104 Å². The van der Waals surface area contributed by atoms with E-state index in [9.17, 15) is 50.2 Å². The summed E-state index contributed by atoms with van der Waals surface area (Å²) in [6, 6.07) is 8.73. The number of benzene rings is 3. The number of fused-ring (bicyclic) bond motifs is 3. The molecule has 2 unspecified atom stereocenters. The van der Waals surface area contributed by atoms with Gasteiger partial charge in [-0.2, -0.15) is 16.8 Å². The first-order valence-electron chi connectivity index (χ1n) is 24.5. The lowest BCUT2D eigenvalue weighted by molar-refractivity contribution is -0.197. The zero-order chi connectivity index (χ0) is 53.4. The Morgan fingerprint density at radius 2 is 1.44 bits per heavy atom. The van der Waals surface area contributed by atoms with Crippen molar-refractivity contribution in [2.45, 2.75) is 139 Å². The smallest absolute Gasteiger partial charge is 0.333 e. The fraction of sp³-hybridized carbons (Fsp3) is 0.472. The van der Waals surface area contributed by atoms with Crippen molar-refractivity contribution in [1.29, 1.82) is 0 Å². The second kappa shape index (κ2) is 21.0. The van der Waals surface area contributed by atoms with Gasteiger partial charge in [0.25, 0.3) is 38.0 Å². The van der Waals surface area contributed by atoms with Gasteiger partial charge in [0.2, 0.25) is 0 Å². The van der Waals surface area contributed by atoms with E-state index in [1.807, 2.05) is 78.8 Å². The minimum absolute atomic E-state index is 0.00356. The van der Waals surface area contributed by atoms with E-state index >= 15 is 0 Å². The predicted octanol–water partition coefficient (Wildman–Crippen LogP) is 7.16. The Morgan fingerprint density at radius 1 is 0.795 bits per heavy atom. The van der Waals surface area contributed by atoms with Crippen LogP contribution in [-0.2, 0) is 66.2 Å². The van der Waals surface area contributed by atoms with Gasteiger partial charge < -0.3 is 34.5 Å². The summed E-state index contributed by atoms with van der Waals surface area (Å²) < 4.78 is 81.2. The topological polar surface area (TPSA) is 247 Å². The lowest BCUT2D eigenvalue weighted by Gasteiger charge is -2.36. The molecule has 73 heavy (non-hydrogen) atoms. The van der Waals surface area contributed by atoms with Gasteiger partial charge in [-0.1, -0.05) is 58.4 Å². The van der Waals surface area contributed by atoms with Crippen LogP contribution in [0.25, 0.3) is 0 Å². The van der Waals surface area contributed by atoms with E-state index in [0.29, 0.717) is 67.1 Å². The van der Waals surface area contributed by atoms with Gasteiger partial charge in [-0.25, -0.2) is 4.79 Å². The number of hydrogen-bond donors (Lipinski definition) is 4. The number of rotatable bonds is 19. The van der Waals surface area contributed by atoms with Gasteiger partial charge in [-0.05, 0) is 117 Å². The number of imide groups is 1. The molecule has 2 atom stereocenters. The van der Waals surface area contributed by atoms with Crippen molar-refractivity contribution in [3.8, 4) is 11.5 Å². The number of nitrogens with zero attached hydrogens (tertiary/aromatic N) is 3. The molecule has 20 heteroatoms. The van der Waals surface area contributed by atoms with Crippen molar-refractivity contribution >= 4 is 55.3 Å². The maximum Gasteiger partial charge on any atom is 0.333 e. The van der Waals surface area contributed by atoms with E-state index in [0.717, 1.165) is 39.3 Å². The molecular weight excluding hydrogens is 981 g/mol. The number of phenols is 1. The summed E-state index contributed by atoms with van der Waals surface area (Å²) in [6.45, 7) is 16.8. The van der Waals surface area contributed by atoms with Crippen molar-refractivity contribution in [2.75, 3.05) is 42.6 Å². The minimum atomic E-state index is -4.49. The van der Waals surface area contributed by atoms with E-state index in [-0.39, 0.29) is 66.5 Å². The van der Waals surface area contributed by atoms with Gasteiger partial charge in [0.05, 0.1) is 29.0 Å². The molecule has 1 saturated heterocycles. The number of carbonyl (C=O) groups excluding carboxylic acids is 4. The molecule has 4 aliphatic heterocycles. The highest BCUT2D eigenvalue weighted by Gasteiger charge is 2.45. The summed E-state index contributed by atoms with van der Waals surface area (Å²) in [7, 11) is -8.99. The third-order valence-electron chi connectivity index (χ3n) is 14.7. The van der Waals surface area contributed by atoms with Crippen LogP contribution in [0.3, 0.4) is 0 Å². The molecule has 4 heterocycles. The maximum absolute atomic E-state index is 13.5. The normalized spacial score (nSPS) is 20.8. The molecule has 394 valence electrons. The third kappa shape index (κ3) is 11.2. The number of nitrogens with one attached hydrogen (secondary N) is 1. The molecule has 0 aromatic heterocycles. The molecule has 1 fully saturated rings. The molecule has 0 saturated carbocycles. The molecule has 3 aromatic rings. The molecule has 0 radical (unpaired) electrons. The number of anilines is 2. The largest absolute Gasteiger partial charge is 0.507 e. The van der Waals surface area contributed by atoms with E-state index < -0.39 is 54.5 Å². The average Bonchev–Trinajstić information content (AvgIpc) is 3.84. The lowest BCUT2D eigenvalue weighted by atomic mass is 9.80. The van der Waals surface area contributed by atoms with Gasteiger partial charge in [0.15, 0.2) is 5.60 Å². The number of ether oxygens (including phenoxy) is 2. The van der Waals surface area contributed by atoms with Crippen molar-refractivity contribution in [3.05, 3.63) is 106 Å². The van der Waals surface area contributed by atoms with Crippen LogP contribution in [0, 0.1) is 20.8 Å². The van der Waals surface area contributed by atoms with Gasteiger partial charge >= 0.3 is 5.97 Å². The number of hydrogen-bond acceptors (Lipinski definition) is 14. The summed E-state index contributed by atoms with van der Waals surface area (Å²) in [4.78, 5) is 58.4. The van der Waals surface area contributed by atoms with Crippen LogP contribution < -0.4 is 19.9 Å². The molecule has 7 rings (SSSR count). The van der Waals surface area contributed by atoms with Crippen LogP contribution in [0.15, 0.2) is 82.3 Å². The maximum atomic E-state index is 13.5. The number of aromatic hydroxyl groups is 1. The Labute approximate surface area is 427 Å². The summed E-state index contributed by atoms with van der Waals surface area (Å²) in [5.74, 6) is -1.15. The predicted molar refractivity (Wildman–Crippen MR) is 273 cm³/mol. The van der Waals surface area contributed by atoms with Crippen LogP contribution in [0.5, 0.6) is 11.5 Å². The van der Waals surface area contributed by atoms with E-state index in [2.05, 4.69) is 15.1 Å². The van der Waals surface area contributed by atoms with Gasteiger partial charge in [-0.3, -0.25) is 23.5 Å². The van der Waals surface area contributed by atoms with Crippen LogP contribution >= 0.6 is 0 Å². The Morgan fingerprint density at radius 3 is 2.10 bits per heavy atom. The summed E-state index contributed by atoms with van der Waals surface area (Å²) in [5.41, 5.74) is 4.50. The van der Waals surface area contributed by atoms with Crippen molar-refractivity contribution < 1.29 is 64.5 Å². The average molecular weight is 1050 g/mol. The Bertz CT molecular complexity index is 3020. The number of carbonyl (C=O) groups is 4. The zero-order valence-corrected chi connectivity index (χ0v) is 44.2. The summed E-state index contributed by atoms with van der Waals surface area (Å²) in [5, 5.41) is 14.1. The van der Waals surface area contributed by atoms with Crippen molar-refractivity contribution in [3.63, 3.8) is 0 Å². The fourth-order valence-corrected chi connectivity index (χ4v) is 11.3. The number of phenolic OH excluding ortho intramolecular Hbond substituents is 1. The second-order valence-electron chi connectivity index (χ2n) is 20.4. The van der Waals surface area contributed by atoms with Gasteiger partial charge in [0, 0.05) is 78.8 Å². The van der Waals surface area contributed by atoms with E-state index in [1.54, 1.807) is 19.1 Å². The molecule has 4 N–H and O–H groups in total. The molecule has 4 aliphatic rings. The molecule has 18 nitrogen and oxygen atoms in total. The van der Waals surface area contributed by atoms with Crippen LogP contribution in [0.1, 0.15) is 113 Å². The number of amides is 3. The van der Waals surface area contributed by atoms with Crippen LogP contribution in [0.4, 0.5) is 11.4 Å². The van der Waals surface area contributed by atoms with Gasteiger partial charge in [-0.15, -0.1) is 5.06 Å². The first kappa shape index (κ1) is 54.7. The van der Waals surface area contributed by atoms with E-state index in [1.165, 1.54) is 24.3 Å². The number of hydroxylamine groups is 2. The molecule has 0 spiro atoms. The molecule has 0 aliphatic carbocycles. The zero-order valence-electron chi connectivity index (χ0n) is 42.6. The molecule has 0 bridgehead atoms. The quantitative estimate of drug-likeness (QED) is 0.0403. The van der Waals surface area contributed by atoms with Crippen molar-refractivity contribution in [1.82, 2.24) is 10.4 Å². The molecule has 3 amide bonds. The first-order valence-corrected chi connectivity index (χ1v) is 27.3. The van der Waals surface area contributed by atoms with Gasteiger partial charge in [0.1, 0.15) is 11.5 Å². The number of allylic oxidation sites excluding steroid dienone is 5.